The van der Waals surface area contributed by atoms with E-state index in [9.17, 15) is 13.6 Å². The highest BCUT2D eigenvalue weighted by atomic mass is 79.9. The predicted octanol–water partition coefficient (Wildman–Crippen LogP) is 2.83. The van der Waals surface area contributed by atoms with Gasteiger partial charge in [-0.05, 0) is 28.9 Å². The van der Waals surface area contributed by atoms with Gasteiger partial charge < -0.3 is 9.88 Å². The lowest BCUT2D eigenvalue weighted by atomic mass is 10.3. The third-order valence-electron chi connectivity index (χ3n) is 3.03. The Morgan fingerprint density at radius 2 is 2.29 bits per heavy atom. The molecule has 21 heavy (non-hydrogen) atoms. The highest BCUT2D eigenvalue weighted by Gasteiger charge is 2.14. The molecule has 0 aliphatic carbocycles. The lowest BCUT2D eigenvalue weighted by molar-refractivity contribution is 0.0670. The first-order valence-corrected chi connectivity index (χ1v) is 7.26. The van der Waals surface area contributed by atoms with Crippen molar-refractivity contribution in [2.75, 3.05) is 6.54 Å². The zero-order chi connectivity index (χ0) is 15.4. The van der Waals surface area contributed by atoms with E-state index in [4.69, 9.17) is 0 Å². The summed E-state index contributed by atoms with van der Waals surface area (Å²) in [4.78, 5) is 15.9. The van der Waals surface area contributed by atoms with Gasteiger partial charge in [0, 0.05) is 42.6 Å². The van der Waals surface area contributed by atoms with E-state index in [1.165, 1.54) is 12.4 Å². The maximum absolute atomic E-state index is 12.6. The number of carbonyl (C=O) groups is 1. The van der Waals surface area contributed by atoms with Crippen LogP contribution in [0.1, 0.15) is 29.8 Å². The van der Waals surface area contributed by atoms with Crippen LogP contribution < -0.4 is 5.32 Å². The second-order valence-electron chi connectivity index (χ2n) is 4.36. The SMILES string of the molecule is CCn1cc(Br)cc1C(=O)NCCc1nccn1C(F)F. The number of amides is 1. The van der Waals surface area contributed by atoms with Gasteiger partial charge in [0.2, 0.25) is 0 Å². The molecule has 2 heterocycles. The Morgan fingerprint density at radius 1 is 1.52 bits per heavy atom. The van der Waals surface area contributed by atoms with Crippen LogP contribution in [-0.2, 0) is 13.0 Å². The Morgan fingerprint density at radius 3 is 2.95 bits per heavy atom. The number of hydrogen-bond donors (Lipinski definition) is 1. The Hall–Kier alpha value is -1.70. The molecule has 0 atom stereocenters. The fourth-order valence-corrected chi connectivity index (χ4v) is 2.48. The van der Waals surface area contributed by atoms with Gasteiger partial charge >= 0.3 is 6.55 Å². The highest BCUT2D eigenvalue weighted by Crippen LogP contribution is 2.15. The van der Waals surface area contributed by atoms with Gasteiger partial charge in [-0.1, -0.05) is 0 Å². The molecule has 8 heteroatoms. The summed E-state index contributed by atoms with van der Waals surface area (Å²) in [6.07, 6.45) is 4.61. The van der Waals surface area contributed by atoms with E-state index in [-0.39, 0.29) is 24.7 Å². The molecule has 1 amide bonds. The summed E-state index contributed by atoms with van der Waals surface area (Å²) in [5.74, 6) is 0.00931. The number of halogens is 3. The van der Waals surface area contributed by atoms with Crippen LogP contribution in [0.5, 0.6) is 0 Å². The first-order valence-electron chi connectivity index (χ1n) is 6.46. The lowest BCUT2D eigenvalue weighted by Crippen LogP contribution is -2.28. The molecule has 0 aromatic carbocycles. The molecule has 2 aromatic heterocycles. The van der Waals surface area contributed by atoms with Gasteiger partial charge in [0.15, 0.2) is 0 Å². The molecule has 0 radical (unpaired) electrons. The molecule has 2 aromatic rings. The zero-order valence-corrected chi connectivity index (χ0v) is 13.0. The Kier molecular flexibility index (Phi) is 5.11. The fraction of sp³-hybridized carbons (Fsp3) is 0.385. The quantitative estimate of drug-likeness (QED) is 0.860. The van der Waals surface area contributed by atoms with Gasteiger partial charge in [-0.15, -0.1) is 0 Å². The molecule has 114 valence electrons. The number of rotatable bonds is 6. The monoisotopic (exact) mass is 360 g/mol. The van der Waals surface area contributed by atoms with E-state index in [2.05, 4.69) is 26.2 Å². The minimum atomic E-state index is -2.62. The molecule has 0 unspecified atom stereocenters. The molecule has 1 N–H and O–H groups in total. The van der Waals surface area contributed by atoms with Gasteiger partial charge in [0.25, 0.3) is 5.91 Å². The van der Waals surface area contributed by atoms with Crippen molar-refractivity contribution in [1.82, 2.24) is 19.4 Å². The summed E-state index contributed by atoms with van der Waals surface area (Å²) in [5.41, 5.74) is 0.529. The number of nitrogens with zero attached hydrogens (tertiary/aromatic N) is 3. The van der Waals surface area contributed by atoms with Crippen molar-refractivity contribution in [1.29, 1.82) is 0 Å². The Balaban J connectivity index is 1.94. The van der Waals surface area contributed by atoms with E-state index in [1.54, 1.807) is 10.6 Å². The number of carbonyl (C=O) groups excluding carboxylic acids is 1. The standard InChI is InChI=1S/C13H15BrF2N4O/c1-2-19-8-9(14)7-10(19)12(21)18-4-3-11-17-5-6-20(11)13(15)16/h5-8,13H,2-4H2,1H3,(H,18,21). The molecule has 0 fully saturated rings. The van der Waals surface area contributed by atoms with Crippen LogP contribution >= 0.6 is 15.9 Å². The average molecular weight is 361 g/mol. The number of aromatic nitrogens is 3. The maximum atomic E-state index is 12.6. The number of aryl methyl sites for hydroxylation is 1. The summed E-state index contributed by atoms with van der Waals surface area (Å²) in [5, 5.41) is 2.71. The highest BCUT2D eigenvalue weighted by molar-refractivity contribution is 9.10. The largest absolute Gasteiger partial charge is 0.350 e. The summed E-state index contributed by atoms with van der Waals surface area (Å²) in [6.45, 7) is 0.230. The summed E-state index contributed by atoms with van der Waals surface area (Å²) in [7, 11) is 0. The molecule has 0 saturated heterocycles. The average Bonchev–Trinajstić information content (AvgIpc) is 3.04. The van der Waals surface area contributed by atoms with Crippen molar-refractivity contribution < 1.29 is 13.6 Å². The number of imidazole rings is 1. The van der Waals surface area contributed by atoms with Crippen molar-refractivity contribution >= 4 is 21.8 Å². The first-order chi connectivity index (χ1) is 10.0. The van der Waals surface area contributed by atoms with Gasteiger partial charge in [-0.2, -0.15) is 8.78 Å². The summed E-state index contributed by atoms with van der Waals surface area (Å²) < 4.78 is 28.7. The molecule has 0 saturated carbocycles. The smallest absolute Gasteiger partial charge is 0.319 e. The van der Waals surface area contributed by atoms with Crippen molar-refractivity contribution in [3.63, 3.8) is 0 Å². The van der Waals surface area contributed by atoms with Crippen molar-refractivity contribution in [3.8, 4) is 0 Å². The topological polar surface area (TPSA) is 51.9 Å². The number of alkyl halides is 2. The van der Waals surface area contributed by atoms with E-state index < -0.39 is 6.55 Å². The summed E-state index contributed by atoms with van der Waals surface area (Å²) in [6, 6.07) is 1.72. The van der Waals surface area contributed by atoms with Crippen LogP contribution in [0.15, 0.2) is 29.1 Å². The van der Waals surface area contributed by atoms with Crippen LogP contribution in [0.25, 0.3) is 0 Å². The molecule has 0 spiro atoms. The molecule has 0 aliphatic rings. The van der Waals surface area contributed by atoms with E-state index in [0.29, 0.717) is 12.2 Å². The maximum Gasteiger partial charge on any atom is 0.319 e. The van der Waals surface area contributed by atoms with Crippen molar-refractivity contribution in [3.05, 3.63) is 40.6 Å². The lowest BCUT2D eigenvalue weighted by Gasteiger charge is -2.09. The van der Waals surface area contributed by atoms with Crippen LogP contribution in [0.2, 0.25) is 0 Å². The second-order valence-corrected chi connectivity index (χ2v) is 5.28. The zero-order valence-electron chi connectivity index (χ0n) is 11.4. The minimum Gasteiger partial charge on any atom is -0.350 e. The normalized spacial score (nSPS) is 11.1. The van der Waals surface area contributed by atoms with Crippen LogP contribution in [0, 0.1) is 0 Å². The van der Waals surface area contributed by atoms with E-state index in [0.717, 1.165) is 9.04 Å². The number of hydrogen-bond acceptors (Lipinski definition) is 2. The molecule has 0 aliphatic heterocycles. The van der Waals surface area contributed by atoms with Gasteiger partial charge in [0.1, 0.15) is 11.5 Å². The van der Waals surface area contributed by atoms with Gasteiger partial charge in [-0.3, -0.25) is 9.36 Å². The summed E-state index contributed by atoms with van der Waals surface area (Å²) >= 11 is 3.32. The molecular weight excluding hydrogens is 346 g/mol. The molecule has 2 rings (SSSR count). The fourth-order valence-electron chi connectivity index (χ4n) is 2.02. The van der Waals surface area contributed by atoms with Crippen molar-refractivity contribution in [2.24, 2.45) is 0 Å². The molecule has 0 bridgehead atoms. The first kappa shape index (κ1) is 15.7. The Bertz CT molecular complexity index is 623. The van der Waals surface area contributed by atoms with E-state index in [1.807, 2.05) is 13.1 Å². The van der Waals surface area contributed by atoms with Gasteiger partial charge in [-0.25, -0.2) is 4.98 Å². The minimum absolute atomic E-state index is 0.238. The molecular formula is C13H15BrF2N4O. The predicted molar refractivity (Wildman–Crippen MR) is 77.3 cm³/mol. The third kappa shape index (κ3) is 3.69. The van der Waals surface area contributed by atoms with Crippen LogP contribution in [0.3, 0.4) is 0 Å². The van der Waals surface area contributed by atoms with Gasteiger partial charge in [0.05, 0.1) is 0 Å². The van der Waals surface area contributed by atoms with Crippen LogP contribution in [-0.4, -0.2) is 26.6 Å². The van der Waals surface area contributed by atoms with E-state index >= 15 is 0 Å². The Labute approximate surface area is 129 Å². The third-order valence-corrected chi connectivity index (χ3v) is 3.46. The molecule has 5 nitrogen and oxygen atoms in total. The van der Waals surface area contributed by atoms with Crippen LogP contribution in [0.4, 0.5) is 8.78 Å². The van der Waals surface area contributed by atoms with Crippen molar-refractivity contribution in [2.45, 2.75) is 26.4 Å². The second kappa shape index (κ2) is 6.84. The number of nitrogens with one attached hydrogen (secondary N) is 1.